The van der Waals surface area contributed by atoms with Gasteiger partial charge < -0.3 is 9.80 Å². The second kappa shape index (κ2) is 3.72. The van der Waals surface area contributed by atoms with Crippen LogP contribution in [0, 0.1) is 0 Å². The highest BCUT2D eigenvalue weighted by molar-refractivity contribution is 6.11. The van der Waals surface area contributed by atoms with Gasteiger partial charge in [0.2, 0.25) is 0 Å². The van der Waals surface area contributed by atoms with E-state index in [0.29, 0.717) is 5.03 Å². The van der Waals surface area contributed by atoms with Gasteiger partial charge in [-0.05, 0) is 27.7 Å². The second-order valence-corrected chi connectivity index (χ2v) is 4.41. The summed E-state index contributed by atoms with van der Waals surface area (Å²) >= 11 is 1.23. The zero-order valence-electron chi connectivity index (χ0n) is 8.89. The lowest BCUT2D eigenvalue weighted by molar-refractivity contribution is 0.223. The van der Waals surface area contributed by atoms with Crippen LogP contribution in [0.25, 0.3) is 0 Å². The van der Waals surface area contributed by atoms with E-state index in [4.69, 9.17) is 0 Å². The fourth-order valence-electron chi connectivity index (χ4n) is 2.15. The molecule has 2 nitrogen and oxygen atoms in total. The molecule has 68 valence electrons. The Kier molecular flexibility index (Phi) is 3.09. The molecule has 0 bridgehead atoms. The zero-order chi connectivity index (χ0) is 9.30. The van der Waals surface area contributed by atoms with Crippen molar-refractivity contribution in [3.8, 4) is 0 Å². The van der Waals surface area contributed by atoms with Crippen LogP contribution in [0.1, 0.15) is 27.7 Å². The SMILES string of the molecule is CCN1C(C)=C(C)N(CC)[CH]1[AlH2]. The number of rotatable bonds is 2. The molecule has 0 atom stereocenters. The van der Waals surface area contributed by atoms with Gasteiger partial charge in [-0.1, -0.05) is 0 Å². The van der Waals surface area contributed by atoms with E-state index in [1.165, 1.54) is 27.7 Å². The van der Waals surface area contributed by atoms with Gasteiger partial charge in [0.15, 0.2) is 0 Å². The number of hydrogen-bond donors (Lipinski definition) is 0. The topological polar surface area (TPSA) is 6.48 Å². The van der Waals surface area contributed by atoms with Gasteiger partial charge in [-0.3, -0.25) is 0 Å². The van der Waals surface area contributed by atoms with E-state index in [-0.39, 0.29) is 0 Å². The molecule has 3 heteroatoms. The summed E-state index contributed by atoms with van der Waals surface area (Å²) in [6.07, 6.45) is 0. The fourth-order valence-corrected chi connectivity index (χ4v) is 3.65. The molecule has 1 aliphatic heterocycles. The molecule has 1 aliphatic rings. The molecule has 12 heavy (non-hydrogen) atoms. The minimum absolute atomic E-state index is 0.694. The Bertz CT molecular complexity index is 181. The van der Waals surface area contributed by atoms with Crippen LogP contribution in [-0.2, 0) is 0 Å². The van der Waals surface area contributed by atoms with Crippen molar-refractivity contribution in [3.05, 3.63) is 11.4 Å². The summed E-state index contributed by atoms with van der Waals surface area (Å²) in [5.41, 5.74) is 2.94. The molecule has 0 fully saturated rings. The standard InChI is InChI=1S/C9H17N2.Al.2H/c1-5-10-7-11(6-2)9(4)8(10)3;;;/h7H,5-6H2,1-4H3;;;. The largest absolute Gasteiger partial charge is 0.368 e. The van der Waals surface area contributed by atoms with Crippen molar-refractivity contribution in [3.63, 3.8) is 0 Å². The maximum atomic E-state index is 2.51. The molecule has 0 aromatic rings. The molecular weight excluding hydrogens is 163 g/mol. The first-order valence-electron chi connectivity index (χ1n) is 4.84. The molecule has 0 saturated heterocycles. The Balaban J connectivity index is 2.86. The van der Waals surface area contributed by atoms with Crippen LogP contribution >= 0.6 is 0 Å². The normalized spacial score (nSPS) is 19.7. The van der Waals surface area contributed by atoms with E-state index in [1.54, 1.807) is 0 Å². The third kappa shape index (κ3) is 1.36. The Morgan fingerprint density at radius 3 is 1.58 bits per heavy atom. The van der Waals surface area contributed by atoms with Crippen molar-refractivity contribution in [2.24, 2.45) is 0 Å². The summed E-state index contributed by atoms with van der Waals surface area (Å²) in [5.74, 6) is 0. The van der Waals surface area contributed by atoms with Gasteiger partial charge in [-0.15, -0.1) is 0 Å². The Morgan fingerprint density at radius 1 is 1.08 bits per heavy atom. The van der Waals surface area contributed by atoms with Crippen molar-refractivity contribution in [2.75, 3.05) is 13.1 Å². The van der Waals surface area contributed by atoms with Gasteiger partial charge in [0.25, 0.3) is 16.3 Å². The first-order valence-corrected chi connectivity index (χ1v) is 5.99. The third-order valence-electron chi connectivity index (χ3n) is 2.97. The number of hydrogen-bond acceptors (Lipinski definition) is 2. The molecule has 0 radical (unpaired) electrons. The van der Waals surface area contributed by atoms with E-state index < -0.39 is 0 Å². The molecule has 0 aromatic heterocycles. The van der Waals surface area contributed by atoms with Crippen LogP contribution < -0.4 is 0 Å². The monoisotopic (exact) mass is 182 g/mol. The predicted molar refractivity (Wildman–Crippen MR) is 55.5 cm³/mol. The Labute approximate surface area is 83.6 Å². The maximum Gasteiger partial charge on any atom is 0.281 e. The third-order valence-corrected chi connectivity index (χ3v) is 4.22. The summed E-state index contributed by atoms with van der Waals surface area (Å²) in [7, 11) is 0. The van der Waals surface area contributed by atoms with Gasteiger partial charge in [0.05, 0.1) is 0 Å². The van der Waals surface area contributed by atoms with Gasteiger partial charge >= 0.3 is 0 Å². The van der Waals surface area contributed by atoms with Crippen LogP contribution in [0.2, 0.25) is 0 Å². The highest BCUT2D eigenvalue weighted by Crippen LogP contribution is 2.26. The van der Waals surface area contributed by atoms with Crippen molar-refractivity contribution in [2.45, 2.75) is 32.7 Å². The van der Waals surface area contributed by atoms with Crippen LogP contribution in [0.15, 0.2) is 11.4 Å². The maximum absolute atomic E-state index is 2.51. The molecule has 0 amide bonds. The Hall–Kier alpha value is -0.128. The molecular formula is C9H19AlN2. The lowest BCUT2D eigenvalue weighted by Gasteiger charge is -2.31. The molecule has 1 heterocycles. The summed E-state index contributed by atoms with van der Waals surface area (Å²) < 4.78 is 0. The fraction of sp³-hybridized carbons (Fsp3) is 0.778. The van der Waals surface area contributed by atoms with Crippen molar-refractivity contribution < 1.29 is 0 Å². The zero-order valence-corrected chi connectivity index (χ0v) is 10.9. The molecule has 0 unspecified atom stereocenters. The first kappa shape index (κ1) is 9.96. The van der Waals surface area contributed by atoms with Crippen LogP contribution in [0.3, 0.4) is 0 Å². The van der Waals surface area contributed by atoms with Gasteiger partial charge in [-0.25, -0.2) is 0 Å². The smallest absolute Gasteiger partial charge is 0.281 e. The van der Waals surface area contributed by atoms with Gasteiger partial charge in [0, 0.05) is 29.5 Å². The molecule has 0 saturated carbocycles. The lowest BCUT2D eigenvalue weighted by atomic mass is 10.3. The van der Waals surface area contributed by atoms with E-state index >= 15 is 0 Å². The van der Waals surface area contributed by atoms with Crippen molar-refractivity contribution in [1.82, 2.24) is 9.80 Å². The second-order valence-electron chi connectivity index (χ2n) is 3.37. The first-order chi connectivity index (χ1) is 5.63. The Morgan fingerprint density at radius 2 is 1.42 bits per heavy atom. The van der Waals surface area contributed by atoms with Gasteiger partial charge in [-0.2, -0.15) is 0 Å². The summed E-state index contributed by atoms with van der Waals surface area (Å²) in [6, 6.07) is 0. The summed E-state index contributed by atoms with van der Waals surface area (Å²) in [5, 5.41) is 0.694. The lowest BCUT2D eigenvalue weighted by Crippen LogP contribution is -2.40. The van der Waals surface area contributed by atoms with Crippen LogP contribution in [-0.4, -0.2) is 44.2 Å². The van der Waals surface area contributed by atoms with Crippen molar-refractivity contribution in [1.29, 1.82) is 0 Å². The molecule has 0 N–H and O–H groups in total. The average Bonchev–Trinajstić information content (AvgIpc) is 2.25. The highest BCUT2D eigenvalue weighted by Gasteiger charge is 2.27. The minimum Gasteiger partial charge on any atom is -0.368 e. The van der Waals surface area contributed by atoms with Crippen LogP contribution in [0.4, 0.5) is 0 Å². The van der Waals surface area contributed by atoms with E-state index in [2.05, 4.69) is 37.5 Å². The summed E-state index contributed by atoms with van der Waals surface area (Å²) in [6.45, 7) is 11.2. The van der Waals surface area contributed by atoms with E-state index in [1.807, 2.05) is 0 Å². The summed E-state index contributed by atoms with van der Waals surface area (Å²) in [4.78, 5) is 5.01. The predicted octanol–water partition coefficient (Wildman–Crippen LogP) is 0.812. The average molecular weight is 182 g/mol. The minimum atomic E-state index is 0.694. The molecule has 0 spiro atoms. The quantitative estimate of drug-likeness (QED) is 0.583. The van der Waals surface area contributed by atoms with Crippen molar-refractivity contribution >= 4 is 16.3 Å². The molecule has 0 aromatic carbocycles. The molecule has 1 rings (SSSR count). The molecule has 0 aliphatic carbocycles. The number of nitrogens with zero attached hydrogens (tertiary/aromatic N) is 2. The van der Waals surface area contributed by atoms with E-state index in [0.717, 1.165) is 13.1 Å². The van der Waals surface area contributed by atoms with E-state index in [9.17, 15) is 0 Å². The van der Waals surface area contributed by atoms with Gasteiger partial charge in [0.1, 0.15) is 0 Å². The van der Waals surface area contributed by atoms with Crippen LogP contribution in [0.5, 0.6) is 0 Å². The number of allylic oxidation sites excluding steroid dienone is 2. The highest BCUT2D eigenvalue weighted by atomic mass is 27.0.